The van der Waals surface area contributed by atoms with E-state index in [4.69, 9.17) is 4.74 Å². The van der Waals surface area contributed by atoms with Crippen LogP contribution in [0.25, 0.3) is 10.9 Å². The Bertz CT molecular complexity index is 619. The van der Waals surface area contributed by atoms with Gasteiger partial charge in [0.15, 0.2) is 5.75 Å². The molecule has 7 nitrogen and oxygen atoms in total. The number of fused-ring (bicyclic) bond motifs is 1. The van der Waals surface area contributed by atoms with Gasteiger partial charge in [-0.15, -0.1) is 0 Å². The van der Waals surface area contributed by atoms with Crippen LogP contribution in [0.5, 0.6) is 5.75 Å². The Hall–Kier alpha value is -2.15. The van der Waals surface area contributed by atoms with Crippen LogP contribution in [0.1, 0.15) is 12.8 Å². The van der Waals surface area contributed by atoms with Gasteiger partial charge in [-0.1, -0.05) is 0 Å². The van der Waals surface area contributed by atoms with E-state index in [0.717, 1.165) is 25.2 Å². The summed E-state index contributed by atoms with van der Waals surface area (Å²) in [5.41, 5.74) is 0.729. The number of nitro benzene ring substituents is 1. The normalized spacial score (nSPS) is 15.8. The summed E-state index contributed by atoms with van der Waals surface area (Å²) in [5, 5.41) is 18.5. The summed E-state index contributed by atoms with van der Waals surface area (Å²) in [7, 11) is 0. The van der Waals surface area contributed by atoms with Gasteiger partial charge in [0.2, 0.25) is 0 Å². The van der Waals surface area contributed by atoms with Gasteiger partial charge in [-0.25, -0.2) is 0 Å². The van der Waals surface area contributed by atoms with Crippen LogP contribution in [0.4, 0.5) is 5.69 Å². The summed E-state index contributed by atoms with van der Waals surface area (Å²) in [6, 6.07) is 3.13. The fourth-order valence-corrected chi connectivity index (χ4v) is 2.51. The van der Waals surface area contributed by atoms with E-state index in [0.29, 0.717) is 17.7 Å². The third-order valence-corrected chi connectivity index (χ3v) is 3.58. The largest absolute Gasteiger partial charge is 0.485 e. The molecule has 1 N–H and O–H groups in total. The minimum Gasteiger partial charge on any atom is -0.485 e. The lowest BCUT2D eigenvalue weighted by molar-refractivity contribution is -0.385. The lowest BCUT2D eigenvalue weighted by Gasteiger charge is -2.14. The molecular weight excluding hydrogens is 260 g/mol. The Balaban J connectivity index is 1.74. The van der Waals surface area contributed by atoms with Crippen molar-refractivity contribution in [3.05, 3.63) is 28.4 Å². The van der Waals surface area contributed by atoms with Crippen molar-refractivity contribution < 1.29 is 9.66 Å². The van der Waals surface area contributed by atoms with Crippen molar-refractivity contribution in [3.8, 4) is 5.75 Å². The molecule has 0 amide bonds. The molecule has 0 atom stereocenters. The van der Waals surface area contributed by atoms with Crippen LogP contribution < -0.4 is 4.74 Å². The highest BCUT2D eigenvalue weighted by atomic mass is 16.6. The van der Waals surface area contributed by atoms with Crippen molar-refractivity contribution in [2.75, 3.05) is 26.2 Å². The van der Waals surface area contributed by atoms with Crippen molar-refractivity contribution in [1.82, 2.24) is 15.1 Å². The molecule has 7 heteroatoms. The Morgan fingerprint density at radius 3 is 2.95 bits per heavy atom. The first-order chi connectivity index (χ1) is 9.74. The van der Waals surface area contributed by atoms with Gasteiger partial charge in [0.1, 0.15) is 6.61 Å². The molecule has 106 valence electrons. The van der Waals surface area contributed by atoms with Gasteiger partial charge < -0.3 is 4.74 Å². The molecule has 3 rings (SSSR count). The molecule has 20 heavy (non-hydrogen) atoms. The topological polar surface area (TPSA) is 84.3 Å². The minimum absolute atomic E-state index is 0.0136. The Morgan fingerprint density at radius 1 is 1.40 bits per heavy atom. The molecule has 1 fully saturated rings. The van der Waals surface area contributed by atoms with Gasteiger partial charge in [0.05, 0.1) is 16.6 Å². The zero-order chi connectivity index (χ0) is 13.9. The first-order valence-corrected chi connectivity index (χ1v) is 6.71. The van der Waals surface area contributed by atoms with E-state index in [2.05, 4.69) is 15.1 Å². The maximum Gasteiger partial charge on any atom is 0.311 e. The quantitative estimate of drug-likeness (QED) is 0.666. The average Bonchev–Trinajstić information content (AvgIpc) is 3.07. The van der Waals surface area contributed by atoms with Crippen LogP contribution in [0, 0.1) is 10.1 Å². The van der Waals surface area contributed by atoms with Gasteiger partial charge in [-0.3, -0.25) is 20.1 Å². The third kappa shape index (κ3) is 2.57. The van der Waals surface area contributed by atoms with Crippen LogP contribution in [0.15, 0.2) is 18.3 Å². The number of benzene rings is 1. The molecule has 2 heterocycles. The molecule has 1 saturated heterocycles. The number of likely N-dealkylation sites (tertiary alicyclic amines) is 1. The SMILES string of the molecule is O=[N+]([O-])c1cc2cn[nH]c2cc1OCCN1CCCC1. The van der Waals surface area contributed by atoms with Gasteiger partial charge in [0, 0.05) is 24.1 Å². The number of hydrogen-bond acceptors (Lipinski definition) is 5. The summed E-state index contributed by atoms with van der Waals surface area (Å²) in [5.74, 6) is 0.297. The molecule has 0 radical (unpaired) electrons. The summed E-state index contributed by atoms with van der Waals surface area (Å²) < 4.78 is 5.61. The number of H-pyrrole nitrogens is 1. The number of hydrogen-bond donors (Lipinski definition) is 1. The van der Waals surface area contributed by atoms with Crippen molar-refractivity contribution >= 4 is 16.6 Å². The van der Waals surface area contributed by atoms with E-state index < -0.39 is 4.92 Å². The predicted octanol–water partition coefficient (Wildman–Crippen LogP) is 1.95. The van der Waals surface area contributed by atoms with Crippen molar-refractivity contribution in [2.24, 2.45) is 0 Å². The molecule has 0 bridgehead atoms. The van der Waals surface area contributed by atoms with E-state index in [1.807, 2.05) is 0 Å². The molecule has 1 aromatic carbocycles. The third-order valence-electron chi connectivity index (χ3n) is 3.58. The monoisotopic (exact) mass is 276 g/mol. The van der Waals surface area contributed by atoms with Crippen LogP contribution in [0.3, 0.4) is 0 Å². The number of rotatable bonds is 5. The Kier molecular flexibility index (Phi) is 3.51. The second-order valence-electron chi connectivity index (χ2n) is 4.93. The van der Waals surface area contributed by atoms with Gasteiger partial charge in [-0.2, -0.15) is 5.10 Å². The van der Waals surface area contributed by atoms with Crippen molar-refractivity contribution in [3.63, 3.8) is 0 Å². The summed E-state index contributed by atoms with van der Waals surface area (Å²) in [4.78, 5) is 13.0. The molecule has 0 unspecified atom stereocenters. The van der Waals surface area contributed by atoms with Crippen LogP contribution in [-0.2, 0) is 0 Å². The van der Waals surface area contributed by atoms with E-state index in [-0.39, 0.29) is 5.69 Å². The number of nitrogens with one attached hydrogen (secondary N) is 1. The highest BCUT2D eigenvalue weighted by Crippen LogP contribution is 2.31. The number of ether oxygens (including phenoxy) is 1. The van der Waals surface area contributed by atoms with Crippen molar-refractivity contribution in [2.45, 2.75) is 12.8 Å². The van der Waals surface area contributed by atoms with E-state index in [1.165, 1.54) is 18.9 Å². The number of aromatic nitrogens is 2. The second kappa shape index (κ2) is 5.46. The number of aromatic amines is 1. The lowest BCUT2D eigenvalue weighted by atomic mass is 10.2. The molecular formula is C13H16N4O3. The maximum absolute atomic E-state index is 11.1. The first-order valence-electron chi connectivity index (χ1n) is 6.71. The lowest BCUT2D eigenvalue weighted by Crippen LogP contribution is -2.25. The zero-order valence-corrected chi connectivity index (χ0v) is 11.0. The van der Waals surface area contributed by atoms with Gasteiger partial charge >= 0.3 is 5.69 Å². The Morgan fingerprint density at radius 2 is 2.20 bits per heavy atom. The first kappa shape index (κ1) is 12.9. The second-order valence-corrected chi connectivity index (χ2v) is 4.93. The molecule has 2 aromatic rings. The van der Waals surface area contributed by atoms with Crippen molar-refractivity contribution in [1.29, 1.82) is 0 Å². The van der Waals surface area contributed by atoms with E-state index in [9.17, 15) is 10.1 Å². The fraction of sp³-hybridized carbons (Fsp3) is 0.462. The standard InChI is InChI=1S/C13H16N4O3/c18-17(19)12-7-10-9-14-15-11(10)8-13(12)20-6-5-16-3-1-2-4-16/h7-9H,1-6H2,(H,14,15). The summed E-state index contributed by atoms with van der Waals surface area (Å²) in [6.45, 7) is 3.44. The van der Waals surface area contributed by atoms with Crippen LogP contribution in [0.2, 0.25) is 0 Å². The number of nitro groups is 1. The Labute approximate surface area is 115 Å². The predicted molar refractivity (Wildman–Crippen MR) is 73.9 cm³/mol. The van der Waals surface area contributed by atoms with Crippen LogP contribution in [-0.4, -0.2) is 46.3 Å². The highest BCUT2D eigenvalue weighted by molar-refractivity contribution is 5.83. The maximum atomic E-state index is 11.1. The molecule has 1 aliphatic rings. The van der Waals surface area contributed by atoms with E-state index in [1.54, 1.807) is 12.3 Å². The molecule has 0 aliphatic carbocycles. The van der Waals surface area contributed by atoms with Crippen LogP contribution >= 0.6 is 0 Å². The molecule has 1 aliphatic heterocycles. The van der Waals surface area contributed by atoms with Gasteiger partial charge in [0.25, 0.3) is 0 Å². The summed E-state index contributed by atoms with van der Waals surface area (Å²) >= 11 is 0. The number of nitrogens with zero attached hydrogens (tertiary/aromatic N) is 3. The smallest absolute Gasteiger partial charge is 0.311 e. The zero-order valence-electron chi connectivity index (χ0n) is 11.0. The highest BCUT2D eigenvalue weighted by Gasteiger charge is 2.18. The molecule has 0 spiro atoms. The fourth-order valence-electron chi connectivity index (χ4n) is 2.51. The van der Waals surface area contributed by atoms with E-state index >= 15 is 0 Å². The molecule has 0 saturated carbocycles. The van der Waals surface area contributed by atoms with Gasteiger partial charge in [-0.05, 0) is 25.9 Å². The average molecular weight is 276 g/mol. The minimum atomic E-state index is -0.419. The molecule has 1 aromatic heterocycles. The summed E-state index contributed by atoms with van der Waals surface area (Å²) in [6.07, 6.45) is 4.01.